The largest absolute Gasteiger partial charge is 0.487 e. The first-order valence-corrected chi connectivity index (χ1v) is 6.46. The Morgan fingerprint density at radius 1 is 1.33 bits per heavy atom. The summed E-state index contributed by atoms with van der Waals surface area (Å²) in [5, 5.41) is 8.98. The van der Waals surface area contributed by atoms with Crippen molar-refractivity contribution in [3.05, 3.63) is 29.3 Å². The average molecular weight is 243 g/mol. The molecule has 2 nitrogen and oxygen atoms in total. The molecule has 0 N–H and O–H groups in total. The summed E-state index contributed by atoms with van der Waals surface area (Å²) < 4.78 is 6.15. The Labute approximate surface area is 110 Å². The van der Waals surface area contributed by atoms with E-state index in [2.05, 4.69) is 40.7 Å². The van der Waals surface area contributed by atoms with Crippen molar-refractivity contribution in [3.63, 3.8) is 0 Å². The zero-order chi connectivity index (χ0) is 13.6. The highest BCUT2D eigenvalue weighted by molar-refractivity contribution is 5.44. The molecule has 2 rings (SSSR count). The zero-order valence-electron chi connectivity index (χ0n) is 11.9. The lowest BCUT2D eigenvalue weighted by molar-refractivity contribution is -0.0255. The maximum atomic E-state index is 8.98. The maximum Gasteiger partial charge on any atom is 0.123 e. The van der Waals surface area contributed by atoms with Crippen molar-refractivity contribution in [1.29, 1.82) is 5.26 Å². The van der Waals surface area contributed by atoms with Crippen molar-refractivity contribution >= 4 is 0 Å². The van der Waals surface area contributed by atoms with Gasteiger partial charge in [0.05, 0.1) is 11.6 Å². The van der Waals surface area contributed by atoms with Gasteiger partial charge in [0.15, 0.2) is 0 Å². The van der Waals surface area contributed by atoms with Crippen LogP contribution < -0.4 is 4.74 Å². The van der Waals surface area contributed by atoms with Gasteiger partial charge in [0.25, 0.3) is 0 Å². The fourth-order valence-corrected chi connectivity index (χ4v) is 3.08. The van der Waals surface area contributed by atoms with Gasteiger partial charge in [0.1, 0.15) is 11.4 Å². The summed E-state index contributed by atoms with van der Waals surface area (Å²) in [7, 11) is 0. The summed E-state index contributed by atoms with van der Waals surface area (Å²) in [4.78, 5) is 0. The summed E-state index contributed by atoms with van der Waals surface area (Å²) in [6.45, 7) is 11.1. The van der Waals surface area contributed by atoms with E-state index in [0.717, 1.165) is 17.7 Å². The van der Waals surface area contributed by atoms with Gasteiger partial charge in [0.2, 0.25) is 0 Å². The molecule has 0 saturated heterocycles. The van der Waals surface area contributed by atoms with Crippen LogP contribution in [0, 0.1) is 22.7 Å². The molecule has 1 unspecified atom stereocenters. The van der Waals surface area contributed by atoms with Gasteiger partial charge in [-0.15, -0.1) is 0 Å². The smallest absolute Gasteiger partial charge is 0.123 e. The standard InChI is InChI=1S/C16H21NO/c1-15(2,3)14-9-12-8-11(10-17)6-7-13(12)18-16(14,4)5/h6-8,14H,9H2,1-5H3. The minimum Gasteiger partial charge on any atom is -0.487 e. The first-order valence-electron chi connectivity index (χ1n) is 6.46. The second kappa shape index (κ2) is 4.02. The number of fused-ring (bicyclic) bond motifs is 1. The van der Waals surface area contributed by atoms with Crippen LogP contribution in [0.4, 0.5) is 0 Å². The Kier molecular flexibility index (Phi) is 2.89. The molecular weight excluding hydrogens is 222 g/mol. The highest BCUT2D eigenvalue weighted by atomic mass is 16.5. The van der Waals surface area contributed by atoms with Crippen molar-refractivity contribution in [2.75, 3.05) is 0 Å². The van der Waals surface area contributed by atoms with Gasteiger partial charge in [0, 0.05) is 5.92 Å². The average Bonchev–Trinajstić information content (AvgIpc) is 2.25. The highest BCUT2D eigenvalue weighted by Gasteiger charge is 2.43. The third-order valence-electron chi connectivity index (χ3n) is 3.87. The monoisotopic (exact) mass is 243 g/mol. The van der Waals surface area contributed by atoms with Crippen molar-refractivity contribution in [3.8, 4) is 11.8 Å². The van der Waals surface area contributed by atoms with E-state index in [0.29, 0.717) is 11.5 Å². The Balaban J connectivity index is 2.44. The number of nitrogens with zero attached hydrogens (tertiary/aromatic N) is 1. The topological polar surface area (TPSA) is 33.0 Å². The fourth-order valence-electron chi connectivity index (χ4n) is 3.08. The molecule has 0 saturated carbocycles. The molecule has 0 amide bonds. The van der Waals surface area contributed by atoms with E-state index < -0.39 is 0 Å². The van der Waals surface area contributed by atoms with Crippen molar-refractivity contribution in [2.45, 2.75) is 46.6 Å². The Bertz CT molecular complexity index is 503. The molecule has 2 heteroatoms. The summed E-state index contributed by atoms with van der Waals surface area (Å²) in [6, 6.07) is 7.91. The van der Waals surface area contributed by atoms with Crippen LogP contribution in [-0.2, 0) is 6.42 Å². The lowest BCUT2D eigenvalue weighted by Crippen LogP contribution is -2.48. The fraction of sp³-hybridized carbons (Fsp3) is 0.562. The molecule has 0 fully saturated rings. The summed E-state index contributed by atoms with van der Waals surface area (Å²) >= 11 is 0. The Morgan fingerprint density at radius 3 is 2.56 bits per heavy atom. The number of rotatable bonds is 0. The summed E-state index contributed by atoms with van der Waals surface area (Å²) in [6.07, 6.45) is 0.974. The van der Waals surface area contributed by atoms with Gasteiger partial charge < -0.3 is 4.74 Å². The van der Waals surface area contributed by atoms with Gasteiger partial charge in [-0.3, -0.25) is 0 Å². The lowest BCUT2D eigenvalue weighted by atomic mass is 9.67. The van der Waals surface area contributed by atoms with Crippen molar-refractivity contribution in [2.24, 2.45) is 11.3 Å². The molecule has 1 heterocycles. The second-order valence-electron chi connectivity index (χ2n) is 6.76. The van der Waals surface area contributed by atoms with Crippen LogP contribution in [0.5, 0.6) is 5.75 Å². The van der Waals surface area contributed by atoms with Crippen LogP contribution >= 0.6 is 0 Å². The molecule has 0 aromatic heterocycles. The van der Waals surface area contributed by atoms with Crippen molar-refractivity contribution in [1.82, 2.24) is 0 Å². The molecule has 18 heavy (non-hydrogen) atoms. The molecule has 1 atom stereocenters. The van der Waals surface area contributed by atoms with Crippen LogP contribution in [-0.4, -0.2) is 5.60 Å². The van der Waals surface area contributed by atoms with E-state index in [9.17, 15) is 0 Å². The molecule has 0 radical (unpaired) electrons. The number of ether oxygens (including phenoxy) is 1. The number of hydrogen-bond donors (Lipinski definition) is 0. The molecule has 1 aliphatic heterocycles. The quantitative estimate of drug-likeness (QED) is 0.691. The van der Waals surface area contributed by atoms with E-state index in [1.165, 1.54) is 0 Å². The number of hydrogen-bond acceptors (Lipinski definition) is 2. The number of nitriles is 1. The zero-order valence-corrected chi connectivity index (χ0v) is 11.9. The van der Waals surface area contributed by atoms with Gasteiger partial charge in [-0.1, -0.05) is 20.8 Å². The normalized spacial score (nSPS) is 21.7. The van der Waals surface area contributed by atoms with E-state index in [1.54, 1.807) is 0 Å². The SMILES string of the molecule is CC(C)(C)C1Cc2cc(C#N)ccc2OC1(C)C. The van der Waals surface area contributed by atoms with Crippen molar-refractivity contribution < 1.29 is 4.74 Å². The van der Waals surface area contributed by atoms with Gasteiger partial charge in [-0.2, -0.15) is 5.26 Å². The summed E-state index contributed by atoms with van der Waals surface area (Å²) in [5.74, 6) is 1.37. The van der Waals surface area contributed by atoms with Crippen LogP contribution in [0.15, 0.2) is 18.2 Å². The highest BCUT2D eigenvalue weighted by Crippen LogP contribution is 2.45. The molecule has 96 valence electrons. The minimum atomic E-state index is -0.167. The molecule has 1 aromatic rings. The second-order valence-corrected chi connectivity index (χ2v) is 6.76. The van der Waals surface area contributed by atoms with Crippen LogP contribution in [0.1, 0.15) is 45.7 Å². The van der Waals surface area contributed by atoms with Gasteiger partial charge >= 0.3 is 0 Å². The Hall–Kier alpha value is -1.49. The predicted octanol–water partition coefficient (Wildman–Crippen LogP) is 3.93. The molecule has 0 bridgehead atoms. The van der Waals surface area contributed by atoms with Crippen LogP contribution in [0.25, 0.3) is 0 Å². The van der Waals surface area contributed by atoms with E-state index in [4.69, 9.17) is 10.00 Å². The first-order chi connectivity index (χ1) is 8.24. The molecule has 1 aliphatic rings. The van der Waals surface area contributed by atoms with Crippen LogP contribution in [0.3, 0.4) is 0 Å². The lowest BCUT2D eigenvalue weighted by Gasteiger charge is -2.46. The third kappa shape index (κ3) is 2.22. The third-order valence-corrected chi connectivity index (χ3v) is 3.87. The minimum absolute atomic E-state index is 0.167. The predicted molar refractivity (Wildman–Crippen MR) is 72.5 cm³/mol. The molecular formula is C16H21NO. The summed E-state index contributed by atoms with van der Waals surface area (Å²) in [5.41, 5.74) is 1.89. The van der Waals surface area contributed by atoms with Gasteiger partial charge in [-0.05, 0) is 49.4 Å². The van der Waals surface area contributed by atoms with Gasteiger partial charge in [-0.25, -0.2) is 0 Å². The van der Waals surface area contributed by atoms with Crippen LogP contribution in [0.2, 0.25) is 0 Å². The molecule has 0 spiro atoms. The first kappa shape index (κ1) is 13.0. The molecule has 1 aromatic carbocycles. The van der Waals surface area contributed by atoms with E-state index in [1.807, 2.05) is 18.2 Å². The van der Waals surface area contributed by atoms with E-state index in [-0.39, 0.29) is 11.0 Å². The number of benzene rings is 1. The maximum absolute atomic E-state index is 8.98. The Morgan fingerprint density at radius 2 is 2.00 bits per heavy atom. The van der Waals surface area contributed by atoms with E-state index >= 15 is 0 Å². The molecule has 0 aliphatic carbocycles.